The van der Waals surface area contributed by atoms with Gasteiger partial charge in [0.05, 0.1) is 6.08 Å². The van der Waals surface area contributed by atoms with Gasteiger partial charge in [0.2, 0.25) is 0 Å². The normalized spacial score (nSPS) is 11.8. The first-order valence-electron chi connectivity index (χ1n) is 5.91. The van der Waals surface area contributed by atoms with Gasteiger partial charge in [0.15, 0.2) is 0 Å². The number of aliphatic hydroxyl groups excluding tert-OH is 1. The molecule has 0 spiro atoms. The molecule has 0 bridgehead atoms. The smallest absolute Gasteiger partial charge is 0.412 e. The molecule has 0 aliphatic rings. The molecule has 0 atom stereocenters. The summed E-state index contributed by atoms with van der Waals surface area (Å²) in [6.45, 7) is 5.26. The molecule has 0 aromatic heterocycles. The largest absolute Gasteiger partial charge is 0.507 e. The molecular formula is C14H17NO5. The Bertz CT molecular complexity index is 525. The van der Waals surface area contributed by atoms with Crippen molar-refractivity contribution >= 4 is 23.5 Å². The highest BCUT2D eigenvalue weighted by Crippen LogP contribution is 2.16. The summed E-state index contributed by atoms with van der Waals surface area (Å²) in [5, 5.41) is 20.5. The summed E-state index contributed by atoms with van der Waals surface area (Å²) in [6, 6.07) is 6.04. The zero-order valence-electron chi connectivity index (χ0n) is 11.5. The van der Waals surface area contributed by atoms with Crippen LogP contribution in [-0.2, 0) is 9.53 Å². The summed E-state index contributed by atoms with van der Waals surface area (Å²) in [7, 11) is 0. The van der Waals surface area contributed by atoms with Gasteiger partial charge in [-0.2, -0.15) is 0 Å². The number of carbonyl (C=O) groups excluding carboxylic acids is 1. The SMILES string of the molecule is CC(C)(C)OC(=O)Nc1ccc(/C(O)=C/C(=O)O)cc1. The Balaban J connectivity index is 2.73. The van der Waals surface area contributed by atoms with Crippen LogP contribution >= 0.6 is 0 Å². The van der Waals surface area contributed by atoms with E-state index >= 15 is 0 Å². The van der Waals surface area contributed by atoms with Crippen molar-refractivity contribution < 1.29 is 24.5 Å². The number of anilines is 1. The number of hydrogen-bond donors (Lipinski definition) is 3. The first kappa shape index (κ1) is 15.6. The average molecular weight is 279 g/mol. The number of carboxylic acid groups (broad SMARTS) is 1. The topological polar surface area (TPSA) is 95.9 Å². The quantitative estimate of drug-likeness (QED) is 0.584. The van der Waals surface area contributed by atoms with Crippen LogP contribution in [0, 0.1) is 0 Å². The molecule has 6 heteroatoms. The predicted molar refractivity (Wildman–Crippen MR) is 74.5 cm³/mol. The van der Waals surface area contributed by atoms with Crippen LogP contribution in [0.2, 0.25) is 0 Å². The van der Waals surface area contributed by atoms with Gasteiger partial charge in [0.25, 0.3) is 0 Å². The molecule has 1 rings (SSSR count). The maximum absolute atomic E-state index is 11.5. The Morgan fingerprint density at radius 3 is 2.15 bits per heavy atom. The number of benzene rings is 1. The van der Waals surface area contributed by atoms with Gasteiger partial charge in [-0.25, -0.2) is 9.59 Å². The van der Waals surface area contributed by atoms with Crippen molar-refractivity contribution in [2.24, 2.45) is 0 Å². The standard InChI is InChI=1S/C14H17NO5/c1-14(2,3)20-13(19)15-10-6-4-9(5-7-10)11(16)8-12(17)18/h4-8,16H,1-3H3,(H,15,19)(H,17,18)/b11-8-. The molecule has 0 aliphatic carbocycles. The number of hydrogen-bond acceptors (Lipinski definition) is 4. The lowest BCUT2D eigenvalue weighted by Crippen LogP contribution is -2.27. The monoisotopic (exact) mass is 279 g/mol. The van der Waals surface area contributed by atoms with E-state index in [0.717, 1.165) is 0 Å². The average Bonchev–Trinajstić information content (AvgIpc) is 2.26. The number of nitrogens with one attached hydrogen (secondary N) is 1. The van der Waals surface area contributed by atoms with Crippen LogP contribution in [0.15, 0.2) is 30.3 Å². The molecule has 0 saturated carbocycles. The Kier molecular flexibility index (Phi) is 4.74. The lowest BCUT2D eigenvalue weighted by molar-refractivity contribution is -0.131. The summed E-state index contributed by atoms with van der Waals surface area (Å²) < 4.78 is 5.08. The van der Waals surface area contributed by atoms with Gasteiger partial charge in [-0.3, -0.25) is 5.32 Å². The fraction of sp³-hybridized carbons (Fsp3) is 0.286. The predicted octanol–water partition coefficient (Wildman–Crippen LogP) is 3.02. The molecule has 0 radical (unpaired) electrons. The van der Waals surface area contributed by atoms with Crippen LogP contribution in [0.3, 0.4) is 0 Å². The third-order valence-electron chi connectivity index (χ3n) is 2.09. The summed E-state index contributed by atoms with van der Waals surface area (Å²) in [4.78, 5) is 21.9. The number of carboxylic acids is 1. The van der Waals surface area contributed by atoms with E-state index < -0.39 is 17.7 Å². The molecule has 0 fully saturated rings. The lowest BCUT2D eigenvalue weighted by atomic mass is 10.1. The van der Waals surface area contributed by atoms with Crippen LogP contribution in [0.25, 0.3) is 5.76 Å². The van der Waals surface area contributed by atoms with Gasteiger partial charge in [0.1, 0.15) is 11.4 Å². The molecule has 0 saturated heterocycles. The third kappa shape index (κ3) is 5.43. The van der Waals surface area contributed by atoms with Crippen molar-refractivity contribution in [3.63, 3.8) is 0 Å². The summed E-state index contributed by atoms with van der Waals surface area (Å²) in [6.07, 6.45) is 0.103. The van der Waals surface area contributed by atoms with Crippen molar-refractivity contribution in [3.05, 3.63) is 35.9 Å². The van der Waals surface area contributed by atoms with E-state index in [4.69, 9.17) is 9.84 Å². The third-order valence-corrected chi connectivity index (χ3v) is 2.09. The molecule has 0 unspecified atom stereocenters. The molecule has 6 nitrogen and oxygen atoms in total. The Morgan fingerprint density at radius 1 is 1.15 bits per heavy atom. The van der Waals surface area contributed by atoms with Crippen LogP contribution in [0.1, 0.15) is 26.3 Å². The zero-order valence-corrected chi connectivity index (χ0v) is 11.5. The van der Waals surface area contributed by atoms with Crippen LogP contribution in [0.4, 0.5) is 10.5 Å². The maximum atomic E-state index is 11.5. The van der Waals surface area contributed by atoms with Gasteiger partial charge in [0, 0.05) is 11.3 Å². The van der Waals surface area contributed by atoms with Crippen molar-refractivity contribution in [2.45, 2.75) is 26.4 Å². The zero-order chi connectivity index (χ0) is 15.3. The van der Waals surface area contributed by atoms with Crippen molar-refractivity contribution in [1.82, 2.24) is 0 Å². The van der Waals surface area contributed by atoms with Gasteiger partial charge >= 0.3 is 12.1 Å². The minimum Gasteiger partial charge on any atom is -0.507 e. The Labute approximate surface area is 116 Å². The number of carbonyl (C=O) groups is 2. The maximum Gasteiger partial charge on any atom is 0.412 e. The second-order valence-corrected chi connectivity index (χ2v) is 5.07. The van der Waals surface area contributed by atoms with Crippen molar-refractivity contribution in [2.75, 3.05) is 5.32 Å². The fourth-order valence-electron chi connectivity index (χ4n) is 1.35. The first-order valence-corrected chi connectivity index (χ1v) is 5.91. The molecule has 0 aliphatic heterocycles. The van der Waals surface area contributed by atoms with Crippen molar-refractivity contribution in [3.8, 4) is 0 Å². The van der Waals surface area contributed by atoms with E-state index in [9.17, 15) is 14.7 Å². The summed E-state index contributed by atoms with van der Waals surface area (Å²) in [5.74, 6) is -1.60. The lowest BCUT2D eigenvalue weighted by Gasteiger charge is -2.19. The highest BCUT2D eigenvalue weighted by atomic mass is 16.6. The molecule has 3 N–H and O–H groups in total. The first-order chi connectivity index (χ1) is 9.17. The fourth-order valence-corrected chi connectivity index (χ4v) is 1.35. The van der Waals surface area contributed by atoms with Crippen molar-refractivity contribution in [1.29, 1.82) is 0 Å². The summed E-state index contributed by atoms with van der Waals surface area (Å²) >= 11 is 0. The van der Waals surface area contributed by atoms with Crippen LogP contribution in [0.5, 0.6) is 0 Å². The van der Waals surface area contributed by atoms with Crippen LogP contribution in [-0.4, -0.2) is 27.9 Å². The molecule has 108 valence electrons. The van der Waals surface area contributed by atoms with Gasteiger partial charge in [-0.1, -0.05) is 0 Å². The highest BCUT2D eigenvalue weighted by molar-refractivity contribution is 5.88. The Morgan fingerprint density at radius 2 is 1.70 bits per heavy atom. The highest BCUT2D eigenvalue weighted by Gasteiger charge is 2.16. The second-order valence-electron chi connectivity index (χ2n) is 5.07. The Hall–Kier alpha value is -2.50. The molecular weight excluding hydrogens is 262 g/mol. The number of aliphatic hydroxyl groups is 1. The molecule has 1 amide bonds. The van der Waals surface area contributed by atoms with E-state index in [1.165, 1.54) is 24.3 Å². The van der Waals surface area contributed by atoms with Gasteiger partial charge in [-0.15, -0.1) is 0 Å². The molecule has 0 heterocycles. The molecule has 1 aromatic rings. The molecule has 1 aromatic carbocycles. The minimum atomic E-state index is -1.24. The summed E-state index contributed by atoms with van der Waals surface area (Å²) in [5.41, 5.74) is 0.222. The van der Waals surface area contributed by atoms with E-state index in [-0.39, 0.29) is 5.76 Å². The van der Waals surface area contributed by atoms with E-state index in [1.54, 1.807) is 20.8 Å². The van der Waals surface area contributed by atoms with E-state index in [2.05, 4.69) is 5.32 Å². The number of ether oxygens (including phenoxy) is 1. The number of rotatable bonds is 3. The van der Waals surface area contributed by atoms with E-state index in [1.807, 2.05) is 0 Å². The van der Waals surface area contributed by atoms with E-state index in [0.29, 0.717) is 17.3 Å². The van der Waals surface area contributed by atoms with Gasteiger partial charge in [-0.05, 0) is 45.0 Å². The van der Waals surface area contributed by atoms with Gasteiger partial charge < -0.3 is 14.9 Å². The number of amides is 1. The number of aliphatic carboxylic acids is 1. The molecule has 20 heavy (non-hydrogen) atoms. The minimum absolute atomic E-state index is 0.335. The second kappa shape index (κ2) is 6.10. The van der Waals surface area contributed by atoms with Crippen LogP contribution < -0.4 is 5.32 Å².